The highest BCUT2D eigenvalue weighted by molar-refractivity contribution is 6.05. The quantitative estimate of drug-likeness (QED) is 0.684. The van der Waals surface area contributed by atoms with Crippen LogP contribution in [0.15, 0.2) is 18.2 Å². The number of carbonyl (C=O) groups is 2. The third-order valence-electron chi connectivity index (χ3n) is 4.37. The fourth-order valence-corrected chi connectivity index (χ4v) is 2.97. The number of fused-ring (bicyclic) bond motifs is 1. The van der Waals surface area contributed by atoms with Crippen LogP contribution >= 0.6 is 0 Å². The molecule has 1 aromatic rings. The molecular formula is C16H18FNO3. The van der Waals surface area contributed by atoms with Gasteiger partial charge in [-0.2, -0.15) is 0 Å². The van der Waals surface area contributed by atoms with Gasteiger partial charge in [-0.25, -0.2) is 4.39 Å². The summed E-state index contributed by atoms with van der Waals surface area (Å²) in [5.74, 6) is -0.959. The van der Waals surface area contributed by atoms with Crippen LogP contribution in [-0.4, -0.2) is 18.5 Å². The van der Waals surface area contributed by atoms with Gasteiger partial charge in [-0.1, -0.05) is 12.1 Å². The van der Waals surface area contributed by atoms with E-state index in [9.17, 15) is 14.0 Å². The van der Waals surface area contributed by atoms with Crippen LogP contribution in [0, 0.1) is 11.2 Å². The zero-order valence-corrected chi connectivity index (χ0v) is 11.9. The molecule has 3 rings (SSSR count). The Morgan fingerprint density at radius 2 is 2.19 bits per heavy atom. The molecule has 2 aliphatic rings. The highest BCUT2D eigenvalue weighted by atomic mass is 19.1. The largest absolute Gasteiger partial charge is 0.465 e. The normalized spacial score (nSPS) is 21.5. The van der Waals surface area contributed by atoms with Gasteiger partial charge in [0.05, 0.1) is 12.6 Å². The summed E-state index contributed by atoms with van der Waals surface area (Å²) < 4.78 is 18.7. The Balaban J connectivity index is 1.73. The van der Waals surface area contributed by atoms with Crippen molar-refractivity contribution in [3.8, 4) is 0 Å². The van der Waals surface area contributed by atoms with Crippen molar-refractivity contribution in [1.82, 2.24) is 5.32 Å². The lowest BCUT2D eigenvalue weighted by molar-refractivity contribution is -0.154. The van der Waals surface area contributed by atoms with E-state index in [4.69, 9.17) is 4.74 Å². The maximum absolute atomic E-state index is 13.7. The van der Waals surface area contributed by atoms with Crippen LogP contribution in [-0.2, 0) is 20.7 Å². The Labute approximate surface area is 122 Å². The van der Waals surface area contributed by atoms with Crippen LogP contribution in [0.5, 0.6) is 0 Å². The third-order valence-corrected chi connectivity index (χ3v) is 4.37. The third kappa shape index (κ3) is 2.30. The van der Waals surface area contributed by atoms with Gasteiger partial charge < -0.3 is 10.1 Å². The molecule has 1 amide bonds. The predicted octanol–water partition coefficient (Wildman–Crippen LogP) is 2.27. The smallest absolute Gasteiger partial charge is 0.321 e. The maximum Gasteiger partial charge on any atom is 0.321 e. The van der Waals surface area contributed by atoms with E-state index in [2.05, 4.69) is 5.32 Å². The first-order valence-electron chi connectivity index (χ1n) is 7.34. The molecule has 0 heterocycles. The van der Waals surface area contributed by atoms with E-state index in [1.54, 1.807) is 13.0 Å². The molecule has 1 aromatic carbocycles. The molecule has 0 radical (unpaired) electrons. The molecule has 1 atom stereocenters. The molecule has 0 saturated heterocycles. The summed E-state index contributed by atoms with van der Waals surface area (Å²) in [6, 6.07) is 4.70. The average Bonchev–Trinajstić information content (AvgIpc) is 3.18. The molecule has 0 aromatic heterocycles. The number of esters is 1. The minimum absolute atomic E-state index is 0.213. The Bertz CT molecular complexity index is 595. The zero-order valence-electron chi connectivity index (χ0n) is 11.9. The highest BCUT2D eigenvalue weighted by Gasteiger charge is 2.58. The van der Waals surface area contributed by atoms with Crippen molar-refractivity contribution in [3.05, 3.63) is 35.1 Å². The fraction of sp³-hybridized carbons (Fsp3) is 0.500. The molecule has 1 N–H and O–H groups in total. The van der Waals surface area contributed by atoms with Crippen LogP contribution in [0.2, 0.25) is 0 Å². The molecular weight excluding hydrogens is 273 g/mol. The van der Waals surface area contributed by atoms with Gasteiger partial charge in [0, 0.05) is 0 Å². The monoisotopic (exact) mass is 291 g/mol. The van der Waals surface area contributed by atoms with Crippen molar-refractivity contribution in [2.24, 2.45) is 5.41 Å². The minimum atomic E-state index is -1.01. The molecule has 21 heavy (non-hydrogen) atoms. The number of nitrogens with one attached hydrogen (secondary N) is 1. The van der Waals surface area contributed by atoms with Gasteiger partial charge in [0.1, 0.15) is 11.2 Å². The van der Waals surface area contributed by atoms with Gasteiger partial charge in [-0.3, -0.25) is 9.59 Å². The van der Waals surface area contributed by atoms with Crippen LogP contribution in [0.1, 0.15) is 43.4 Å². The predicted molar refractivity (Wildman–Crippen MR) is 73.9 cm³/mol. The number of benzene rings is 1. The lowest BCUT2D eigenvalue weighted by Gasteiger charge is -2.19. The first-order chi connectivity index (χ1) is 10.1. The molecule has 112 valence electrons. The highest BCUT2D eigenvalue weighted by Crippen LogP contribution is 2.48. The Morgan fingerprint density at radius 3 is 2.86 bits per heavy atom. The van der Waals surface area contributed by atoms with Gasteiger partial charge in [0.25, 0.3) is 0 Å². The second-order valence-corrected chi connectivity index (χ2v) is 5.67. The summed E-state index contributed by atoms with van der Waals surface area (Å²) in [6.07, 6.45) is 2.33. The van der Waals surface area contributed by atoms with E-state index in [1.165, 1.54) is 6.07 Å². The second kappa shape index (κ2) is 5.13. The van der Waals surface area contributed by atoms with Crippen molar-refractivity contribution in [2.45, 2.75) is 38.6 Å². The van der Waals surface area contributed by atoms with Gasteiger partial charge in [-0.05, 0) is 49.8 Å². The van der Waals surface area contributed by atoms with Gasteiger partial charge in [0.2, 0.25) is 5.91 Å². The number of ether oxygens (including phenoxy) is 1. The van der Waals surface area contributed by atoms with Crippen molar-refractivity contribution in [3.63, 3.8) is 0 Å². The van der Waals surface area contributed by atoms with Crippen LogP contribution < -0.4 is 5.32 Å². The molecule has 4 nitrogen and oxygen atoms in total. The van der Waals surface area contributed by atoms with Crippen molar-refractivity contribution >= 4 is 11.9 Å². The second-order valence-electron chi connectivity index (χ2n) is 5.67. The van der Waals surface area contributed by atoms with E-state index in [-0.39, 0.29) is 24.4 Å². The Hall–Kier alpha value is -1.91. The number of hydrogen-bond donors (Lipinski definition) is 1. The Morgan fingerprint density at radius 1 is 1.43 bits per heavy atom. The summed E-state index contributed by atoms with van der Waals surface area (Å²) in [6.45, 7) is 1.99. The zero-order chi connectivity index (χ0) is 15.0. The van der Waals surface area contributed by atoms with Crippen LogP contribution in [0.3, 0.4) is 0 Å². The van der Waals surface area contributed by atoms with Crippen molar-refractivity contribution < 1.29 is 18.7 Å². The summed E-state index contributed by atoms with van der Waals surface area (Å²) in [4.78, 5) is 24.3. The number of hydrogen-bond acceptors (Lipinski definition) is 3. The van der Waals surface area contributed by atoms with Gasteiger partial charge in [0.15, 0.2) is 0 Å². The van der Waals surface area contributed by atoms with Gasteiger partial charge >= 0.3 is 5.97 Å². The summed E-state index contributed by atoms with van der Waals surface area (Å²) >= 11 is 0. The molecule has 1 saturated carbocycles. The average molecular weight is 291 g/mol. The van der Waals surface area contributed by atoms with E-state index in [0.717, 1.165) is 5.56 Å². The standard InChI is InChI=1S/C16H18FNO3/c1-2-21-15(20)16(8-9-16)14(19)18-13-7-6-10-11(13)4-3-5-12(10)17/h3-5,13H,2,6-9H2,1H3,(H,18,19). The lowest BCUT2D eigenvalue weighted by Crippen LogP contribution is -2.39. The summed E-state index contributed by atoms with van der Waals surface area (Å²) in [7, 11) is 0. The van der Waals surface area contributed by atoms with Crippen molar-refractivity contribution in [2.75, 3.05) is 6.61 Å². The van der Waals surface area contributed by atoms with Crippen LogP contribution in [0.25, 0.3) is 0 Å². The molecule has 0 aliphatic heterocycles. The number of rotatable bonds is 4. The number of carbonyl (C=O) groups excluding carboxylic acids is 2. The maximum atomic E-state index is 13.7. The van der Waals surface area contributed by atoms with E-state index < -0.39 is 11.4 Å². The molecule has 1 fully saturated rings. The molecule has 0 bridgehead atoms. The molecule has 0 spiro atoms. The lowest BCUT2D eigenvalue weighted by atomic mass is 10.0. The fourth-order valence-electron chi connectivity index (χ4n) is 2.97. The van der Waals surface area contributed by atoms with Crippen LogP contribution in [0.4, 0.5) is 4.39 Å². The van der Waals surface area contributed by atoms with E-state index in [1.807, 2.05) is 6.07 Å². The van der Waals surface area contributed by atoms with Crippen molar-refractivity contribution in [1.29, 1.82) is 0 Å². The molecule has 2 aliphatic carbocycles. The number of halogens is 1. The SMILES string of the molecule is CCOC(=O)C1(C(=O)NC2CCc3c(F)cccc32)CC1. The van der Waals surface area contributed by atoms with E-state index in [0.29, 0.717) is 31.2 Å². The topological polar surface area (TPSA) is 55.4 Å². The first-order valence-corrected chi connectivity index (χ1v) is 7.34. The first kappa shape index (κ1) is 14.0. The Kier molecular flexibility index (Phi) is 3.43. The summed E-state index contributed by atoms with van der Waals surface area (Å²) in [5.41, 5.74) is 0.485. The minimum Gasteiger partial charge on any atom is -0.465 e. The van der Waals surface area contributed by atoms with Gasteiger partial charge in [-0.15, -0.1) is 0 Å². The molecule has 5 heteroatoms. The van der Waals surface area contributed by atoms with E-state index >= 15 is 0 Å². The molecule has 1 unspecified atom stereocenters. The number of amides is 1. The summed E-state index contributed by atoms with van der Waals surface area (Å²) in [5, 5.41) is 2.90.